The van der Waals surface area contributed by atoms with Crippen LogP contribution < -0.4 is 4.74 Å². The highest BCUT2D eigenvalue weighted by atomic mass is 16.5. The van der Waals surface area contributed by atoms with Crippen molar-refractivity contribution in [2.24, 2.45) is 7.05 Å². The lowest BCUT2D eigenvalue weighted by molar-refractivity contribution is 0.0725. The Labute approximate surface area is 151 Å². The van der Waals surface area contributed by atoms with Crippen LogP contribution in [0.3, 0.4) is 0 Å². The predicted molar refractivity (Wildman–Crippen MR) is 94.8 cm³/mol. The van der Waals surface area contributed by atoms with Gasteiger partial charge in [0.1, 0.15) is 11.4 Å². The van der Waals surface area contributed by atoms with Crippen LogP contribution in [0.1, 0.15) is 35.1 Å². The molecule has 0 radical (unpaired) electrons. The Morgan fingerprint density at radius 1 is 1.19 bits per heavy atom. The molecule has 26 heavy (non-hydrogen) atoms. The molecule has 3 heterocycles. The second-order valence-corrected chi connectivity index (χ2v) is 6.23. The van der Waals surface area contributed by atoms with Gasteiger partial charge in [0.25, 0.3) is 5.91 Å². The summed E-state index contributed by atoms with van der Waals surface area (Å²) in [5.74, 6) is 1.04. The summed E-state index contributed by atoms with van der Waals surface area (Å²) in [6.07, 6.45) is 6.83. The van der Waals surface area contributed by atoms with Gasteiger partial charge in [0.2, 0.25) is 5.88 Å². The Kier molecular flexibility index (Phi) is 4.35. The number of hydrogen-bond acceptors (Lipinski definition) is 5. The summed E-state index contributed by atoms with van der Waals surface area (Å²) in [4.78, 5) is 23.4. The van der Waals surface area contributed by atoms with Crippen LogP contribution in [0.5, 0.6) is 11.6 Å². The van der Waals surface area contributed by atoms with Crippen LogP contribution in [0, 0.1) is 0 Å². The minimum Gasteiger partial charge on any atom is -0.437 e. The fraction of sp³-hybridized carbons (Fsp3) is 0.263. The Hall–Kier alpha value is -3.22. The van der Waals surface area contributed by atoms with Crippen molar-refractivity contribution in [1.29, 1.82) is 0 Å². The molecule has 1 aromatic carbocycles. The second-order valence-electron chi connectivity index (χ2n) is 6.23. The molecular formula is C19H19N5O2. The van der Waals surface area contributed by atoms with Crippen LogP contribution in [0.4, 0.5) is 0 Å². The molecule has 1 aliphatic rings. The number of para-hydroxylation sites is 1. The molecule has 1 aliphatic heterocycles. The Balaban J connectivity index is 1.56. The van der Waals surface area contributed by atoms with Crippen molar-refractivity contribution < 1.29 is 9.53 Å². The molecule has 0 saturated carbocycles. The third-order valence-corrected chi connectivity index (χ3v) is 4.38. The molecule has 2 aromatic heterocycles. The van der Waals surface area contributed by atoms with Gasteiger partial charge in [-0.15, -0.1) is 0 Å². The maximum Gasteiger partial charge on any atom is 0.274 e. The van der Waals surface area contributed by atoms with Gasteiger partial charge in [-0.2, -0.15) is 5.10 Å². The van der Waals surface area contributed by atoms with E-state index < -0.39 is 0 Å². The van der Waals surface area contributed by atoms with Gasteiger partial charge in [-0.25, -0.2) is 4.98 Å². The average molecular weight is 349 g/mol. The molecule has 1 amide bonds. The summed E-state index contributed by atoms with van der Waals surface area (Å²) in [5, 5.41) is 4.22. The SMILES string of the molecule is Cn1ccc(C(=O)N2CCCC2c2cncc(Oc3ccccc3)n2)n1. The molecule has 7 nitrogen and oxygen atoms in total. The van der Waals surface area contributed by atoms with Crippen LogP contribution in [-0.2, 0) is 7.05 Å². The molecule has 0 bridgehead atoms. The number of rotatable bonds is 4. The van der Waals surface area contributed by atoms with Gasteiger partial charge in [-0.3, -0.25) is 14.5 Å². The monoisotopic (exact) mass is 349 g/mol. The Morgan fingerprint density at radius 3 is 2.81 bits per heavy atom. The van der Waals surface area contributed by atoms with E-state index in [0.717, 1.165) is 18.5 Å². The minimum atomic E-state index is -0.115. The number of carbonyl (C=O) groups is 1. The van der Waals surface area contributed by atoms with Crippen LogP contribution in [0.25, 0.3) is 0 Å². The first kappa shape index (κ1) is 16.3. The number of ether oxygens (including phenoxy) is 1. The lowest BCUT2D eigenvalue weighted by atomic mass is 10.1. The van der Waals surface area contributed by atoms with Crippen molar-refractivity contribution in [2.75, 3.05) is 6.54 Å². The molecule has 7 heteroatoms. The van der Waals surface area contributed by atoms with Crippen LogP contribution >= 0.6 is 0 Å². The van der Waals surface area contributed by atoms with Crippen molar-refractivity contribution in [3.8, 4) is 11.6 Å². The topological polar surface area (TPSA) is 73.1 Å². The molecule has 0 N–H and O–H groups in total. The third kappa shape index (κ3) is 3.28. The molecule has 0 aliphatic carbocycles. The van der Waals surface area contributed by atoms with E-state index >= 15 is 0 Å². The van der Waals surface area contributed by atoms with E-state index in [-0.39, 0.29) is 11.9 Å². The normalized spacial score (nSPS) is 16.7. The summed E-state index contributed by atoms with van der Waals surface area (Å²) in [6.45, 7) is 0.686. The standard InChI is InChI=1S/C19H19N5O2/c1-23-11-9-15(22-23)19(25)24-10-5-8-17(24)16-12-20-13-18(21-16)26-14-6-3-2-4-7-14/h2-4,6-7,9,11-13,17H,5,8,10H2,1H3. The fourth-order valence-corrected chi connectivity index (χ4v) is 3.17. The zero-order chi connectivity index (χ0) is 17.9. The van der Waals surface area contributed by atoms with E-state index in [2.05, 4.69) is 15.1 Å². The smallest absolute Gasteiger partial charge is 0.274 e. The van der Waals surface area contributed by atoms with E-state index in [1.807, 2.05) is 35.2 Å². The summed E-state index contributed by atoms with van der Waals surface area (Å²) >= 11 is 0. The number of aryl methyl sites for hydroxylation is 1. The van der Waals surface area contributed by atoms with E-state index in [0.29, 0.717) is 23.9 Å². The number of benzene rings is 1. The molecule has 1 atom stereocenters. The first-order chi connectivity index (χ1) is 12.7. The van der Waals surface area contributed by atoms with Gasteiger partial charge in [-0.1, -0.05) is 18.2 Å². The summed E-state index contributed by atoms with van der Waals surface area (Å²) in [6, 6.07) is 11.1. The summed E-state index contributed by atoms with van der Waals surface area (Å²) < 4.78 is 7.40. The molecule has 3 aromatic rings. The van der Waals surface area contributed by atoms with E-state index in [1.165, 1.54) is 0 Å². The first-order valence-electron chi connectivity index (χ1n) is 8.56. The molecule has 4 rings (SSSR count). The van der Waals surface area contributed by atoms with Crippen LogP contribution in [-0.4, -0.2) is 37.1 Å². The Bertz CT molecular complexity index is 909. The zero-order valence-corrected chi connectivity index (χ0v) is 14.4. The van der Waals surface area contributed by atoms with Crippen molar-refractivity contribution in [3.63, 3.8) is 0 Å². The van der Waals surface area contributed by atoms with Crippen LogP contribution in [0.15, 0.2) is 55.0 Å². The van der Waals surface area contributed by atoms with E-state index in [4.69, 9.17) is 4.74 Å². The highest BCUT2D eigenvalue weighted by molar-refractivity contribution is 5.92. The Morgan fingerprint density at radius 2 is 2.04 bits per heavy atom. The third-order valence-electron chi connectivity index (χ3n) is 4.38. The summed E-state index contributed by atoms with van der Waals surface area (Å²) in [5.41, 5.74) is 1.18. The highest BCUT2D eigenvalue weighted by Crippen LogP contribution is 2.32. The van der Waals surface area contributed by atoms with Crippen molar-refractivity contribution in [2.45, 2.75) is 18.9 Å². The first-order valence-corrected chi connectivity index (χ1v) is 8.56. The quantitative estimate of drug-likeness (QED) is 0.724. The van der Waals surface area contributed by atoms with Gasteiger partial charge in [0.05, 0.1) is 24.1 Å². The number of likely N-dealkylation sites (tertiary alicyclic amines) is 1. The van der Waals surface area contributed by atoms with Gasteiger partial charge in [0.15, 0.2) is 0 Å². The van der Waals surface area contributed by atoms with Gasteiger partial charge in [-0.05, 0) is 31.0 Å². The van der Waals surface area contributed by atoms with Gasteiger partial charge < -0.3 is 9.64 Å². The molecule has 132 valence electrons. The van der Waals surface area contributed by atoms with Gasteiger partial charge >= 0.3 is 0 Å². The largest absolute Gasteiger partial charge is 0.437 e. The zero-order valence-electron chi connectivity index (χ0n) is 14.4. The number of carbonyl (C=O) groups excluding carboxylic acids is 1. The lowest BCUT2D eigenvalue weighted by Crippen LogP contribution is -2.31. The van der Waals surface area contributed by atoms with Crippen molar-refractivity contribution in [1.82, 2.24) is 24.6 Å². The maximum absolute atomic E-state index is 12.8. The maximum atomic E-state index is 12.8. The summed E-state index contributed by atoms with van der Waals surface area (Å²) in [7, 11) is 1.80. The molecule has 0 spiro atoms. The number of amides is 1. The molecule has 1 saturated heterocycles. The average Bonchev–Trinajstić information content (AvgIpc) is 3.31. The van der Waals surface area contributed by atoms with Crippen LogP contribution in [0.2, 0.25) is 0 Å². The van der Waals surface area contributed by atoms with Crippen molar-refractivity contribution >= 4 is 5.91 Å². The number of hydrogen-bond donors (Lipinski definition) is 0. The molecule has 1 fully saturated rings. The van der Waals surface area contributed by atoms with Gasteiger partial charge in [0, 0.05) is 19.8 Å². The number of aromatic nitrogens is 4. The highest BCUT2D eigenvalue weighted by Gasteiger charge is 2.33. The lowest BCUT2D eigenvalue weighted by Gasteiger charge is -2.23. The van der Waals surface area contributed by atoms with E-state index in [1.54, 1.807) is 36.4 Å². The van der Waals surface area contributed by atoms with E-state index in [9.17, 15) is 4.79 Å². The fourth-order valence-electron chi connectivity index (χ4n) is 3.17. The molecular weight excluding hydrogens is 330 g/mol. The second kappa shape index (κ2) is 6.95. The number of nitrogens with zero attached hydrogens (tertiary/aromatic N) is 5. The predicted octanol–water partition coefficient (Wildman–Crippen LogP) is 2.98. The van der Waals surface area contributed by atoms with Crippen molar-refractivity contribution in [3.05, 3.63) is 66.4 Å². The molecule has 1 unspecified atom stereocenters. The minimum absolute atomic E-state index is 0.0794.